The number of aromatic hydroxyl groups is 1. The van der Waals surface area contributed by atoms with Crippen LogP contribution in [0.15, 0.2) is 24.3 Å². The van der Waals surface area contributed by atoms with Gasteiger partial charge >= 0.3 is 0 Å². The van der Waals surface area contributed by atoms with Gasteiger partial charge in [0.1, 0.15) is 11.8 Å². The van der Waals surface area contributed by atoms with Gasteiger partial charge in [-0.15, -0.1) is 0 Å². The van der Waals surface area contributed by atoms with Crippen LogP contribution in [-0.4, -0.2) is 49.1 Å². The fraction of sp³-hybridized carbons (Fsp3) is 0.667. The lowest BCUT2D eigenvalue weighted by Gasteiger charge is -2.19. The quantitative estimate of drug-likeness (QED) is 0.228. The monoisotopic (exact) mass is 434 g/mol. The van der Waals surface area contributed by atoms with Gasteiger partial charge < -0.3 is 26.8 Å². The van der Waals surface area contributed by atoms with Crippen molar-refractivity contribution in [3.8, 4) is 5.75 Å². The summed E-state index contributed by atoms with van der Waals surface area (Å²) in [6.07, 6.45) is 9.29. The molecule has 0 aliphatic heterocycles. The first kappa shape index (κ1) is 26.9. The first-order valence-electron chi connectivity index (χ1n) is 11.8. The number of nitrogens with two attached hydrogens (primary N) is 1. The predicted octanol–water partition coefficient (Wildman–Crippen LogP) is 2.61. The third-order valence-corrected chi connectivity index (χ3v) is 5.14. The van der Waals surface area contributed by atoms with Gasteiger partial charge in [-0.05, 0) is 69.4 Å². The molecule has 7 heteroatoms. The number of amides is 2. The summed E-state index contributed by atoms with van der Waals surface area (Å²) in [4.78, 5) is 24.7. The van der Waals surface area contributed by atoms with Crippen molar-refractivity contribution in [2.45, 2.75) is 77.2 Å². The molecule has 1 atom stereocenters. The molecule has 7 nitrogen and oxygen atoms in total. The van der Waals surface area contributed by atoms with E-state index in [9.17, 15) is 14.7 Å². The highest BCUT2D eigenvalue weighted by atomic mass is 16.3. The molecule has 1 rings (SSSR count). The van der Waals surface area contributed by atoms with Gasteiger partial charge in [0.2, 0.25) is 11.8 Å². The van der Waals surface area contributed by atoms with E-state index < -0.39 is 6.04 Å². The number of hydrogen-bond donors (Lipinski definition) is 5. The van der Waals surface area contributed by atoms with Gasteiger partial charge in [-0.1, -0.05) is 38.3 Å². The number of phenolic OH excluding ortho intramolecular Hbond substituents is 1. The molecule has 0 aliphatic carbocycles. The highest BCUT2D eigenvalue weighted by Crippen LogP contribution is 2.12. The van der Waals surface area contributed by atoms with Gasteiger partial charge in [0.15, 0.2) is 0 Å². The van der Waals surface area contributed by atoms with E-state index in [0.717, 1.165) is 63.7 Å². The number of unbranched alkanes of at least 4 members (excludes halogenated alkanes) is 5. The van der Waals surface area contributed by atoms with E-state index in [1.165, 1.54) is 12.8 Å². The third kappa shape index (κ3) is 13.7. The van der Waals surface area contributed by atoms with Crippen molar-refractivity contribution >= 4 is 11.8 Å². The number of benzene rings is 1. The molecule has 0 aromatic heterocycles. The number of carbonyl (C=O) groups excluding carboxylic acids is 2. The standard InChI is InChI=1S/C24H42N4O3/c1-2-10-23(30)28-22(19-20-11-13-21(29)14-12-20)24(31)27-18-9-4-3-7-16-26-17-8-5-6-15-25/h11-14,22,26,29H,2-10,15-19,25H2,1H3,(H,27,31)(H,28,30)/t22-/m0/s1. The fourth-order valence-electron chi connectivity index (χ4n) is 3.33. The molecule has 0 saturated carbocycles. The first-order valence-corrected chi connectivity index (χ1v) is 11.8. The second-order valence-corrected chi connectivity index (χ2v) is 8.05. The molecule has 0 fully saturated rings. The molecule has 1 aromatic rings. The van der Waals surface area contributed by atoms with E-state index in [0.29, 0.717) is 19.4 Å². The van der Waals surface area contributed by atoms with Crippen LogP contribution in [0.25, 0.3) is 0 Å². The number of hydrogen-bond acceptors (Lipinski definition) is 5. The topological polar surface area (TPSA) is 116 Å². The Morgan fingerprint density at radius 2 is 1.55 bits per heavy atom. The number of phenols is 1. The lowest BCUT2D eigenvalue weighted by atomic mass is 10.0. The summed E-state index contributed by atoms with van der Waals surface area (Å²) < 4.78 is 0. The van der Waals surface area contributed by atoms with Crippen LogP contribution >= 0.6 is 0 Å². The molecular formula is C24H42N4O3. The minimum Gasteiger partial charge on any atom is -0.508 e. The Labute approximate surface area is 187 Å². The van der Waals surface area contributed by atoms with Crippen molar-refractivity contribution in [1.29, 1.82) is 0 Å². The van der Waals surface area contributed by atoms with E-state index in [4.69, 9.17) is 5.73 Å². The second kappa shape index (κ2) is 17.5. The summed E-state index contributed by atoms with van der Waals surface area (Å²) in [7, 11) is 0. The van der Waals surface area contributed by atoms with Gasteiger partial charge in [0.05, 0.1) is 0 Å². The van der Waals surface area contributed by atoms with Gasteiger partial charge in [-0.25, -0.2) is 0 Å². The number of carbonyl (C=O) groups is 2. The highest BCUT2D eigenvalue weighted by molar-refractivity contribution is 5.87. The van der Waals surface area contributed by atoms with Gasteiger partial charge in [-0.2, -0.15) is 0 Å². The normalized spacial score (nSPS) is 11.8. The maximum atomic E-state index is 12.6. The molecule has 176 valence electrons. The summed E-state index contributed by atoms with van der Waals surface area (Å²) in [5.74, 6) is -0.0878. The Hall–Kier alpha value is -2.12. The van der Waals surface area contributed by atoms with Crippen LogP contribution in [0.2, 0.25) is 0 Å². The number of rotatable bonds is 18. The molecule has 6 N–H and O–H groups in total. The van der Waals surface area contributed by atoms with Gasteiger partial charge in [-0.3, -0.25) is 9.59 Å². The summed E-state index contributed by atoms with van der Waals surface area (Å²) in [6.45, 7) is 5.42. The molecule has 1 aromatic carbocycles. The van der Waals surface area contributed by atoms with Crippen LogP contribution in [0, 0.1) is 0 Å². The van der Waals surface area contributed by atoms with Crippen LogP contribution in [-0.2, 0) is 16.0 Å². The fourth-order valence-corrected chi connectivity index (χ4v) is 3.33. The van der Waals surface area contributed by atoms with Crippen molar-refractivity contribution in [3.63, 3.8) is 0 Å². The molecule has 0 spiro atoms. The van der Waals surface area contributed by atoms with Crippen molar-refractivity contribution in [1.82, 2.24) is 16.0 Å². The van der Waals surface area contributed by atoms with Crippen LogP contribution in [0.1, 0.15) is 70.3 Å². The smallest absolute Gasteiger partial charge is 0.242 e. The lowest BCUT2D eigenvalue weighted by Crippen LogP contribution is -2.48. The third-order valence-electron chi connectivity index (χ3n) is 5.14. The highest BCUT2D eigenvalue weighted by Gasteiger charge is 2.20. The lowest BCUT2D eigenvalue weighted by molar-refractivity contribution is -0.129. The zero-order valence-corrected chi connectivity index (χ0v) is 19.1. The Morgan fingerprint density at radius 3 is 2.16 bits per heavy atom. The van der Waals surface area contributed by atoms with Gasteiger partial charge in [0, 0.05) is 19.4 Å². The molecule has 0 aliphatic rings. The molecular weight excluding hydrogens is 392 g/mol. The predicted molar refractivity (Wildman–Crippen MR) is 126 cm³/mol. The number of nitrogens with one attached hydrogen (secondary N) is 3. The molecule has 0 heterocycles. The van der Waals surface area contributed by atoms with Crippen LogP contribution in [0.5, 0.6) is 5.75 Å². The minimum atomic E-state index is -0.605. The molecule has 2 amide bonds. The summed E-state index contributed by atoms with van der Waals surface area (Å²) in [5, 5.41) is 18.7. The maximum Gasteiger partial charge on any atom is 0.242 e. The van der Waals surface area contributed by atoms with E-state index >= 15 is 0 Å². The van der Waals surface area contributed by atoms with E-state index in [2.05, 4.69) is 16.0 Å². The summed E-state index contributed by atoms with van der Waals surface area (Å²) >= 11 is 0. The van der Waals surface area contributed by atoms with Crippen molar-refractivity contribution < 1.29 is 14.7 Å². The van der Waals surface area contributed by atoms with Crippen LogP contribution in [0.4, 0.5) is 0 Å². The molecule has 0 bridgehead atoms. The molecule has 0 radical (unpaired) electrons. The van der Waals surface area contributed by atoms with Crippen LogP contribution in [0.3, 0.4) is 0 Å². The zero-order valence-electron chi connectivity index (χ0n) is 19.1. The second-order valence-electron chi connectivity index (χ2n) is 8.05. The first-order chi connectivity index (χ1) is 15.1. The summed E-state index contributed by atoms with van der Waals surface area (Å²) in [5.41, 5.74) is 6.38. The van der Waals surface area contributed by atoms with Crippen molar-refractivity contribution in [2.24, 2.45) is 5.73 Å². The minimum absolute atomic E-state index is 0.114. The largest absolute Gasteiger partial charge is 0.508 e. The summed E-state index contributed by atoms with van der Waals surface area (Å²) in [6, 6.07) is 6.12. The van der Waals surface area contributed by atoms with Crippen molar-refractivity contribution in [2.75, 3.05) is 26.2 Å². The van der Waals surface area contributed by atoms with E-state index in [-0.39, 0.29) is 17.6 Å². The zero-order chi connectivity index (χ0) is 22.7. The van der Waals surface area contributed by atoms with Gasteiger partial charge in [0.25, 0.3) is 0 Å². The average molecular weight is 435 g/mol. The van der Waals surface area contributed by atoms with Crippen molar-refractivity contribution in [3.05, 3.63) is 29.8 Å². The maximum absolute atomic E-state index is 12.6. The van der Waals surface area contributed by atoms with E-state index in [1.807, 2.05) is 6.92 Å². The molecule has 0 saturated heterocycles. The van der Waals surface area contributed by atoms with E-state index in [1.54, 1.807) is 24.3 Å². The Morgan fingerprint density at radius 1 is 0.935 bits per heavy atom. The molecule has 0 unspecified atom stereocenters. The SMILES string of the molecule is CCCC(=O)N[C@@H](Cc1ccc(O)cc1)C(=O)NCCCCCCNCCCCCN. The Balaban J connectivity index is 2.25. The Kier molecular flexibility index (Phi) is 15.2. The average Bonchev–Trinajstić information content (AvgIpc) is 2.75. The Bertz CT molecular complexity index is 607. The van der Waals surface area contributed by atoms with Crippen LogP contribution < -0.4 is 21.7 Å². The molecule has 31 heavy (non-hydrogen) atoms.